The first-order valence-electron chi connectivity index (χ1n) is 8.63. The Kier molecular flexibility index (Phi) is 4.43. The van der Waals surface area contributed by atoms with Gasteiger partial charge in [0.2, 0.25) is 5.88 Å². The lowest BCUT2D eigenvalue weighted by Crippen LogP contribution is -2.44. The molecule has 1 aliphatic heterocycles. The molecule has 1 unspecified atom stereocenters. The maximum absolute atomic E-state index is 12.9. The van der Waals surface area contributed by atoms with Gasteiger partial charge >= 0.3 is 6.01 Å². The summed E-state index contributed by atoms with van der Waals surface area (Å²) >= 11 is 0. The highest BCUT2D eigenvalue weighted by molar-refractivity contribution is 5.98. The van der Waals surface area contributed by atoms with Gasteiger partial charge in [-0.1, -0.05) is 18.2 Å². The fourth-order valence-corrected chi connectivity index (χ4v) is 3.24. The van der Waals surface area contributed by atoms with E-state index in [1.165, 1.54) is 7.11 Å². The van der Waals surface area contributed by atoms with E-state index in [9.17, 15) is 4.79 Å². The molecule has 1 fully saturated rings. The van der Waals surface area contributed by atoms with E-state index in [1.54, 1.807) is 12.3 Å². The van der Waals surface area contributed by atoms with Crippen molar-refractivity contribution in [3.63, 3.8) is 0 Å². The van der Waals surface area contributed by atoms with Crippen molar-refractivity contribution in [2.24, 2.45) is 0 Å². The first-order valence-corrected chi connectivity index (χ1v) is 8.63. The number of aromatic nitrogens is 3. The minimum atomic E-state index is -0.100. The molecule has 7 nitrogen and oxygen atoms in total. The largest absolute Gasteiger partial charge is 0.472 e. The summed E-state index contributed by atoms with van der Waals surface area (Å²) in [7, 11) is 1.51. The van der Waals surface area contributed by atoms with Gasteiger partial charge < -0.3 is 19.4 Å². The van der Waals surface area contributed by atoms with E-state index in [4.69, 9.17) is 9.47 Å². The number of methoxy groups -OCH3 is 1. The summed E-state index contributed by atoms with van der Waals surface area (Å²) in [5, 5.41) is 1.04. The SMILES string of the molecule is COc1nccc(OC2CCCN(C(=O)c3cc4ccccc4[nH]3)C2)n1. The van der Waals surface area contributed by atoms with Crippen LogP contribution in [0.1, 0.15) is 23.3 Å². The Bertz CT molecular complexity index is 891. The van der Waals surface area contributed by atoms with Gasteiger partial charge in [-0.05, 0) is 25.0 Å². The highest BCUT2D eigenvalue weighted by Gasteiger charge is 2.27. The molecule has 0 saturated carbocycles. The van der Waals surface area contributed by atoms with Crippen LogP contribution in [0.2, 0.25) is 0 Å². The molecule has 0 bridgehead atoms. The molecule has 134 valence electrons. The fraction of sp³-hybridized carbons (Fsp3) is 0.316. The highest BCUT2D eigenvalue weighted by Crippen LogP contribution is 2.21. The number of amides is 1. The lowest BCUT2D eigenvalue weighted by molar-refractivity contribution is 0.0521. The highest BCUT2D eigenvalue weighted by atomic mass is 16.5. The number of hydrogen-bond acceptors (Lipinski definition) is 5. The quantitative estimate of drug-likeness (QED) is 0.781. The molecule has 1 saturated heterocycles. The van der Waals surface area contributed by atoms with Crippen molar-refractivity contribution in [2.75, 3.05) is 20.2 Å². The molecule has 3 heterocycles. The minimum Gasteiger partial charge on any atom is -0.472 e. The Labute approximate surface area is 151 Å². The van der Waals surface area contributed by atoms with Gasteiger partial charge in [-0.3, -0.25) is 4.79 Å². The summed E-state index contributed by atoms with van der Waals surface area (Å²) in [6.07, 6.45) is 3.26. The number of aromatic amines is 1. The van der Waals surface area contributed by atoms with Crippen LogP contribution in [0.15, 0.2) is 42.6 Å². The summed E-state index contributed by atoms with van der Waals surface area (Å²) in [5.41, 5.74) is 1.57. The number of carbonyl (C=O) groups is 1. The topological polar surface area (TPSA) is 80.3 Å². The second-order valence-electron chi connectivity index (χ2n) is 6.29. The van der Waals surface area contributed by atoms with Crippen molar-refractivity contribution in [3.8, 4) is 11.9 Å². The Morgan fingerprint density at radius 1 is 1.31 bits per heavy atom. The Hall–Kier alpha value is -3.09. The molecule has 2 aromatic heterocycles. The van der Waals surface area contributed by atoms with Crippen LogP contribution in [-0.4, -0.2) is 52.1 Å². The number of benzene rings is 1. The van der Waals surface area contributed by atoms with Gasteiger partial charge in [0.05, 0.1) is 13.7 Å². The predicted octanol–water partition coefficient (Wildman–Crippen LogP) is 2.65. The van der Waals surface area contributed by atoms with Crippen molar-refractivity contribution in [1.29, 1.82) is 0 Å². The second kappa shape index (κ2) is 7.03. The van der Waals surface area contributed by atoms with Gasteiger partial charge in [0.1, 0.15) is 11.8 Å². The molecular weight excluding hydrogens is 332 g/mol. The van der Waals surface area contributed by atoms with E-state index in [2.05, 4.69) is 15.0 Å². The number of fused-ring (bicyclic) bond motifs is 1. The summed E-state index contributed by atoms with van der Waals surface area (Å²) < 4.78 is 11.0. The van der Waals surface area contributed by atoms with E-state index in [0.717, 1.165) is 30.3 Å². The summed E-state index contributed by atoms with van der Waals surface area (Å²) in [5.74, 6) is 0.455. The minimum absolute atomic E-state index is 0.00484. The van der Waals surface area contributed by atoms with Crippen molar-refractivity contribution >= 4 is 16.8 Å². The van der Waals surface area contributed by atoms with Gasteiger partial charge in [0.25, 0.3) is 5.91 Å². The number of likely N-dealkylation sites (tertiary alicyclic amines) is 1. The van der Waals surface area contributed by atoms with Crippen LogP contribution >= 0.6 is 0 Å². The van der Waals surface area contributed by atoms with Crippen LogP contribution < -0.4 is 9.47 Å². The molecule has 3 aromatic rings. The zero-order chi connectivity index (χ0) is 17.9. The number of nitrogens with zero attached hydrogens (tertiary/aromatic N) is 3. The van der Waals surface area contributed by atoms with Crippen LogP contribution in [-0.2, 0) is 0 Å². The lowest BCUT2D eigenvalue weighted by Gasteiger charge is -2.32. The average Bonchev–Trinajstić information content (AvgIpc) is 3.12. The number of piperidine rings is 1. The zero-order valence-corrected chi connectivity index (χ0v) is 14.5. The number of rotatable bonds is 4. The monoisotopic (exact) mass is 352 g/mol. The summed E-state index contributed by atoms with van der Waals surface area (Å²) in [4.78, 5) is 26.0. The van der Waals surface area contributed by atoms with Crippen LogP contribution in [0.3, 0.4) is 0 Å². The normalized spacial score (nSPS) is 17.3. The molecule has 7 heteroatoms. The van der Waals surface area contributed by atoms with Crippen molar-refractivity contribution in [3.05, 3.63) is 48.3 Å². The number of hydrogen-bond donors (Lipinski definition) is 1. The van der Waals surface area contributed by atoms with Crippen molar-refractivity contribution in [2.45, 2.75) is 18.9 Å². The third-order valence-electron chi connectivity index (χ3n) is 4.50. The molecule has 1 aliphatic rings. The van der Waals surface area contributed by atoms with E-state index in [1.807, 2.05) is 35.2 Å². The lowest BCUT2D eigenvalue weighted by atomic mass is 10.1. The van der Waals surface area contributed by atoms with Crippen molar-refractivity contribution < 1.29 is 14.3 Å². The number of H-pyrrole nitrogens is 1. The molecule has 26 heavy (non-hydrogen) atoms. The van der Waals surface area contributed by atoms with E-state index in [-0.39, 0.29) is 18.0 Å². The summed E-state index contributed by atoms with van der Waals surface area (Å²) in [6.45, 7) is 1.25. The molecule has 1 atom stereocenters. The van der Waals surface area contributed by atoms with Gasteiger partial charge in [-0.25, -0.2) is 4.98 Å². The standard InChI is InChI=1S/C19H20N4O3/c1-25-19-20-9-8-17(22-19)26-14-6-4-10-23(12-14)18(24)16-11-13-5-2-3-7-15(13)21-16/h2-3,5,7-9,11,14,21H,4,6,10,12H2,1H3. The van der Waals surface area contributed by atoms with Crippen LogP contribution in [0, 0.1) is 0 Å². The molecule has 0 spiro atoms. The van der Waals surface area contributed by atoms with Gasteiger partial charge in [0, 0.05) is 29.7 Å². The van der Waals surface area contributed by atoms with E-state index < -0.39 is 0 Å². The number of para-hydroxylation sites is 1. The first-order chi connectivity index (χ1) is 12.7. The molecule has 1 N–H and O–H groups in total. The molecule has 4 rings (SSSR count). The van der Waals surface area contributed by atoms with Gasteiger partial charge in [0.15, 0.2) is 0 Å². The van der Waals surface area contributed by atoms with Crippen LogP contribution in [0.4, 0.5) is 0 Å². The summed E-state index contributed by atoms with van der Waals surface area (Å²) in [6, 6.07) is 11.7. The smallest absolute Gasteiger partial charge is 0.319 e. The van der Waals surface area contributed by atoms with Gasteiger partial charge in [-0.2, -0.15) is 4.98 Å². The van der Waals surface area contributed by atoms with Crippen LogP contribution in [0.5, 0.6) is 11.9 Å². The first kappa shape index (κ1) is 16.4. The molecule has 0 aliphatic carbocycles. The van der Waals surface area contributed by atoms with Gasteiger partial charge in [-0.15, -0.1) is 0 Å². The molecule has 1 aromatic carbocycles. The molecule has 1 amide bonds. The molecular formula is C19H20N4O3. The van der Waals surface area contributed by atoms with E-state index in [0.29, 0.717) is 18.1 Å². The van der Waals surface area contributed by atoms with Crippen LogP contribution in [0.25, 0.3) is 10.9 Å². The zero-order valence-electron chi connectivity index (χ0n) is 14.5. The Morgan fingerprint density at radius 2 is 2.19 bits per heavy atom. The molecule has 0 radical (unpaired) electrons. The third kappa shape index (κ3) is 3.33. The number of nitrogens with one attached hydrogen (secondary N) is 1. The Balaban J connectivity index is 1.46. The third-order valence-corrected chi connectivity index (χ3v) is 4.50. The maximum Gasteiger partial charge on any atom is 0.319 e. The maximum atomic E-state index is 12.9. The number of carbonyl (C=O) groups excluding carboxylic acids is 1. The fourth-order valence-electron chi connectivity index (χ4n) is 3.24. The predicted molar refractivity (Wildman–Crippen MR) is 96.4 cm³/mol. The second-order valence-corrected chi connectivity index (χ2v) is 6.29. The van der Waals surface area contributed by atoms with E-state index >= 15 is 0 Å². The number of ether oxygens (including phenoxy) is 2. The average molecular weight is 352 g/mol. The van der Waals surface area contributed by atoms with Crippen molar-refractivity contribution in [1.82, 2.24) is 19.9 Å². The Morgan fingerprint density at radius 3 is 3.04 bits per heavy atom.